The van der Waals surface area contributed by atoms with Crippen LogP contribution in [0.4, 0.5) is 22.0 Å². The summed E-state index contributed by atoms with van der Waals surface area (Å²) in [7, 11) is 0. The minimum absolute atomic E-state index is 0.000681. The van der Waals surface area contributed by atoms with Gasteiger partial charge in [0.2, 0.25) is 0 Å². The lowest BCUT2D eigenvalue weighted by molar-refractivity contribution is -0.166. The first-order valence-electron chi connectivity index (χ1n) is 5.10. The highest BCUT2D eigenvalue weighted by atomic mass is 19.4. The fourth-order valence-corrected chi connectivity index (χ4v) is 1.61. The molecule has 0 unspecified atom stereocenters. The van der Waals surface area contributed by atoms with Crippen LogP contribution in [0.2, 0.25) is 0 Å². The number of nitrogens with one attached hydrogen (secondary N) is 1. The molecule has 1 N–H and O–H groups in total. The van der Waals surface area contributed by atoms with Gasteiger partial charge in [0, 0.05) is 18.2 Å². The highest BCUT2D eigenvalue weighted by Crippen LogP contribution is 2.49. The maximum absolute atomic E-state index is 13.2. The van der Waals surface area contributed by atoms with E-state index in [2.05, 4.69) is 5.32 Å². The van der Waals surface area contributed by atoms with E-state index in [0.29, 0.717) is 6.07 Å². The van der Waals surface area contributed by atoms with Gasteiger partial charge in [0.1, 0.15) is 17.2 Å². The van der Waals surface area contributed by atoms with E-state index in [1.165, 1.54) is 0 Å². The Hall–Kier alpha value is -1.17. The molecule has 0 radical (unpaired) electrons. The Morgan fingerprint density at radius 2 is 1.82 bits per heavy atom. The second-order valence-electron chi connectivity index (χ2n) is 4.17. The van der Waals surface area contributed by atoms with Crippen LogP contribution in [0.25, 0.3) is 0 Å². The molecule has 0 aliphatic heterocycles. The van der Waals surface area contributed by atoms with Crippen LogP contribution < -0.4 is 5.32 Å². The lowest BCUT2D eigenvalue weighted by atomic mass is 10.1. The topological polar surface area (TPSA) is 12.0 Å². The Balaban J connectivity index is 2.04. The Bertz CT molecular complexity index is 422. The zero-order valence-electron chi connectivity index (χ0n) is 8.74. The quantitative estimate of drug-likeness (QED) is 0.814. The molecule has 94 valence electrons. The highest BCUT2D eigenvalue weighted by Gasteiger charge is 2.62. The Labute approximate surface area is 94.6 Å². The molecule has 17 heavy (non-hydrogen) atoms. The van der Waals surface area contributed by atoms with E-state index in [1.54, 1.807) is 0 Å². The predicted octanol–water partition coefficient (Wildman–Crippen LogP) is 3.15. The van der Waals surface area contributed by atoms with Gasteiger partial charge >= 0.3 is 6.18 Å². The molecule has 0 saturated heterocycles. The summed E-state index contributed by atoms with van der Waals surface area (Å²) in [6, 6.07) is 2.82. The number of hydrogen-bond acceptors (Lipinski definition) is 1. The fraction of sp³-hybridized carbons (Fsp3) is 0.455. The molecule has 1 aliphatic carbocycles. The SMILES string of the molecule is Fc1ccc(CNC2(C(F)(F)F)CC2)c(F)c1. The molecular weight excluding hydrogens is 241 g/mol. The number of alkyl halides is 3. The van der Waals surface area contributed by atoms with Crippen molar-refractivity contribution in [2.24, 2.45) is 0 Å². The third-order valence-corrected chi connectivity index (χ3v) is 2.92. The maximum Gasteiger partial charge on any atom is 0.406 e. The van der Waals surface area contributed by atoms with Gasteiger partial charge in [-0.05, 0) is 18.9 Å². The minimum atomic E-state index is -4.33. The predicted molar refractivity (Wildman–Crippen MR) is 51.2 cm³/mol. The average molecular weight is 251 g/mol. The normalized spacial score (nSPS) is 18.2. The molecule has 1 nitrogen and oxygen atoms in total. The summed E-state index contributed by atoms with van der Waals surface area (Å²) < 4.78 is 63.4. The van der Waals surface area contributed by atoms with E-state index < -0.39 is 23.3 Å². The monoisotopic (exact) mass is 251 g/mol. The lowest BCUT2D eigenvalue weighted by Crippen LogP contribution is -2.44. The van der Waals surface area contributed by atoms with Crippen LogP contribution in [-0.4, -0.2) is 11.7 Å². The maximum atomic E-state index is 13.2. The zero-order valence-corrected chi connectivity index (χ0v) is 8.74. The van der Waals surface area contributed by atoms with Crippen molar-refractivity contribution < 1.29 is 22.0 Å². The van der Waals surface area contributed by atoms with E-state index in [9.17, 15) is 22.0 Å². The molecule has 0 aromatic heterocycles. The van der Waals surface area contributed by atoms with E-state index >= 15 is 0 Å². The van der Waals surface area contributed by atoms with Gasteiger partial charge in [-0.3, -0.25) is 5.32 Å². The zero-order chi connectivity index (χ0) is 12.7. The van der Waals surface area contributed by atoms with Crippen molar-refractivity contribution in [3.8, 4) is 0 Å². The molecule has 2 rings (SSSR count). The van der Waals surface area contributed by atoms with Gasteiger partial charge in [0.05, 0.1) is 0 Å². The molecule has 1 saturated carbocycles. The van der Waals surface area contributed by atoms with Crippen molar-refractivity contribution in [1.82, 2.24) is 5.32 Å². The van der Waals surface area contributed by atoms with Crippen molar-refractivity contribution in [2.75, 3.05) is 0 Å². The molecule has 0 spiro atoms. The number of benzene rings is 1. The van der Waals surface area contributed by atoms with E-state index in [4.69, 9.17) is 0 Å². The molecule has 1 fully saturated rings. The summed E-state index contributed by atoms with van der Waals surface area (Å²) in [6.45, 7) is -0.258. The molecule has 0 heterocycles. The fourth-order valence-electron chi connectivity index (χ4n) is 1.61. The molecule has 0 atom stereocenters. The molecule has 0 amide bonds. The molecule has 6 heteroatoms. The van der Waals surface area contributed by atoms with Crippen molar-refractivity contribution in [3.05, 3.63) is 35.4 Å². The first-order chi connectivity index (χ1) is 7.84. The summed E-state index contributed by atoms with van der Waals surface area (Å²) in [6.07, 6.45) is -4.33. The second-order valence-corrected chi connectivity index (χ2v) is 4.17. The van der Waals surface area contributed by atoms with Gasteiger partial charge < -0.3 is 0 Å². The van der Waals surface area contributed by atoms with Crippen LogP contribution in [-0.2, 0) is 6.54 Å². The second kappa shape index (κ2) is 3.94. The Morgan fingerprint density at radius 3 is 2.29 bits per heavy atom. The third-order valence-electron chi connectivity index (χ3n) is 2.92. The number of hydrogen-bond donors (Lipinski definition) is 1. The van der Waals surface area contributed by atoms with E-state index in [-0.39, 0.29) is 24.9 Å². The average Bonchev–Trinajstić information content (AvgIpc) is 2.96. The van der Waals surface area contributed by atoms with Crippen molar-refractivity contribution in [2.45, 2.75) is 31.1 Å². The van der Waals surface area contributed by atoms with Gasteiger partial charge in [0.15, 0.2) is 0 Å². The highest BCUT2D eigenvalue weighted by molar-refractivity contribution is 5.20. The standard InChI is InChI=1S/C11H10F5N/c12-8-2-1-7(9(13)5-8)6-17-10(3-4-10)11(14,15)16/h1-2,5,17H,3-4,6H2. The molecular formula is C11H10F5N. The van der Waals surface area contributed by atoms with Crippen LogP contribution in [0.3, 0.4) is 0 Å². The number of rotatable bonds is 3. The van der Waals surface area contributed by atoms with Crippen molar-refractivity contribution >= 4 is 0 Å². The summed E-state index contributed by atoms with van der Waals surface area (Å²) in [5.41, 5.74) is -1.85. The van der Waals surface area contributed by atoms with Gasteiger partial charge in [0.25, 0.3) is 0 Å². The molecule has 1 aliphatic rings. The summed E-state index contributed by atoms with van der Waals surface area (Å²) in [5.74, 6) is -1.58. The Kier molecular flexibility index (Phi) is 2.85. The van der Waals surface area contributed by atoms with Gasteiger partial charge in [-0.2, -0.15) is 13.2 Å². The summed E-state index contributed by atoms with van der Waals surface area (Å²) in [4.78, 5) is 0. The summed E-state index contributed by atoms with van der Waals surface area (Å²) >= 11 is 0. The first-order valence-corrected chi connectivity index (χ1v) is 5.10. The van der Waals surface area contributed by atoms with Crippen molar-refractivity contribution in [3.63, 3.8) is 0 Å². The van der Waals surface area contributed by atoms with Gasteiger partial charge in [-0.25, -0.2) is 8.78 Å². The molecule has 0 bridgehead atoms. The van der Waals surface area contributed by atoms with Crippen LogP contribution in [0.15, 0.2) is 18.2 Å². The largest absolute Gasteiger partial charge is 0.406 e. The summed E-state index contributed by atoms with van der Waals surface area (Å²) in [5, 5.41) is 2.30. The molecule has 1 aromatic rings. The number of halogens is 5. The molecule has 1 aromatic carbocycles. The Morgan fingerprint density at radius 1 is 1.18 bits per heavy atom. The minimum Gasteiger partial charge on any atom is -0.299 e. The van der Waals surface area contributed by atoms with Crippen LogP contribution in [0.1, 0.15) is 18.4 Å². The van der Waals surface area contributed by atoms with Crippen molar-refractivity contribution in [1.29, 1.82) is 0 Å². The smallest absolute Gasteiger partial charge is 0.299 e. The van der Waals surface area contributed by atoms with E-state index in [0.717, 1.165) is 12.1 Å². The van der Waals surface area contributed by atoms with Crippen LogP contribution in [0, 0.1) is 11.6 Å². The van der Waals surface area contributed by atoms with E-state index in [1.807, 2.05) is 0 Å². The third kappa shape index (κ3) is 2.41. The lowest BCUT2D eigenvalue weighted by Gasteiger charge is -2.20. The van der Waals surface area contributed by atoms with Crippen LogP contribution >= 0.6 is 0 Å². The van der Waals surface area contributed by atoms with Crippen LogP contribution in [0.5, 0.6) is 0 Å². The van der Waals surface area contributed by atoms with Gasteiger partial charge in [-0.15, -0.1) is 0 Å². The van der Waals surface area contributed by atoms with Gasteiger partial charge in [-0.1, -0.05) is 6.07 Å². The first kappa shape index (κ1) is 12.3.